The van der Waals surface area contributed by atoms with Crippen molar-refractivity contribution in [1.82, 2.24) is 4.98 Å². The average Bonchev–Trinajstić information content (AvgIpc) is 2.30. The number of anilines is 1. The fourth-order valence-electron chi connectivity index (χ4n) is 1.59. The monoisotopic (exact) mass is 214 g/mol. The predicted octanol–water partition coefficient (Wildman–Crippen LogP) is 2.05. The maximum Gasteiger partial charge on any atom is 0.129 e. The van der Waals surface area contributed by atoms with Crippen LogP contribution in [0.2, 0.25) is 0 Å². The highest BCUT2D eigenvalue weighted by atomic mass is 16.3. The number of hydrogen-bond acceptors (Lipinski definition) is 3. The van der Waals surface area contributed by atoms with Crippen molar-refractivity contribution in [3.8, 4) is 0 Å². The Labute approximate surface area is 94.6 Å². The molecule has 1 aromatic heterocycles. The Morgan fingerprint density at radius 3 is 2.50 bits per heavy atom. The molecule has 3 N–H and O–H groups in total. The van der Waals surface area contributed by atoms with Crippen LogP contribution in [-0.4, -0.2) is 10.1 Å². The third-order valence-electron chi connectivity index (χ3n) is 2.56. The van der Waals surface area contributed by atoms with E-state index in [0.717, 1.165) is 11.1 Å². The van der Waals surface area contributed by atoms with Gasteiger partial charge in [-0.05, 0) is 18.6 Å². The smallest absolute Gasteiger partial charge is 0.129 e. The van der Waals surface area contributed by atoms with Gasteiger partial charge in [-0.25, -0.2) is 4.98 Å². The first kappa shape index (κ1) is 10.6. The minimum absolute atomic E-state index is 0.371. The molecular weight excluding hydrogens is 200 g/mol. The van der Waals surface area contributed by atoms with Crippen LogP contribution in [0.1, 0.15) is 22.8 Å². The molecule has 0 fully saturated rings. The third kappa shape index (κ3) is 2.04. The van der Waals surface area contributed by atoms with E-state index in [4.69, 9.17) is 5.73 Å². The highest BCUT2D eigenvalue weighted by Gasteiger charge is 2.13. The molecule has 16 heavy (non-hydrogen) atoms. The Balaban J connectivity index is 2.35. The van der Waals surface area contributed by atoms with E-state index in [1.54, 1.807) is 18.3 Å². The number of pyridine rings is 1. The van der Waals surface area contributed by atoms with Crippen molar-refractivity contribution in [3.05, 3.63) is 59.3 Å². The molecule has 0 bridgehead atoms. The van der Waals surface area contributed by atoms with E-state index in [1.807, 2.05) is 31.2 Å². The summed E-state index contributed by atoms with van der Waals surface area (Å²) in [6, 6.07) is 11.3. The predicted molar refractivity (Wildman–Crippen MR) is 63.9 cm³/mol. The molecule has 1 heterocycles. The number of aliphatic hydroxyl groups excluding tert-OH is 1. The maximum absolute atomic E-state index is 10.1. The lowest BCUT2D eigenvalue weighted by molar-refractivity contribution is 0.220. The molecule has 0 amide bonds. The fourth-order valence-corrected chi connectivity index (χ4v) is 1.59. The molecule has 2 aromatic rings. The van der Waals surface area contributed by atoms with E-state index in [0.29, 0.717) is 11.4 Å². The van der Waals surface area contributed by atoms with Gasteiger partial charge in [0.15, 0.2) is 0 Å². The van der Waals surface area contributed by atoms with E-state index in [2.05, 4.69) is 4.98 Å². The first-order valence-corrected chi connectivity index (χ1v) is 5.13. The summed E-state index contributed by atoms with van der Waals surface area (Å²) in [6.45, 7) is 2.01. The number of nitrogen functional groups attached to an aromatic ring is 1. The molecule has 0 saturated carbocycles. The quantitative estimate of drug-likeness (QED) is 0.804. The minimum atomic E-state index is -0.714. The number of rotatable bonds is 2. The Hall–Kier alpha value is -1.87. The van der Waals surface area contributed by atoms with Gasteiger partial charge in [-0.1, -0.05) is 35.9 Å². The van der Waals surface area contributed by atoms with Crippen LogP contribution in [-0.2, 0) is 0 Å². The first-order valence-electron chi connectivity index (χ1n) is 5.13. The van der Waals surface area contributed by atoms with Crippen molar-refractivity contribution in [2.24, 2.45) is 0 Å². The largest absolute Gasteiger partial charge is 0.384 e. The Bertz CT molecular complexity index is 480. The molecule has 0 spiro atoms. The van der Waals surface area contributed by atoms with Gasteiger partial charge in [0.2, 0.25) is 0 Å². The number of nitrogens with two attached hydrogens (primary N) is 1. The van der Waals surface area contributed by atoms with Crippen molar-refractivity contribution < 1.29 is 5.11 Å². The van der Waals surface area contributed by atoms with Crippen LogP contribution < -0.4 is 5.73 Å². The van der Waals surface area contributed by atoms with E-state index in [1.165, 1.54) is 0 Å². The van der Waals surface area contributed by atoms with E-state index >= 15 is 0 Å². The molecule has 1 aromatic carbocycles. The van der Waals surface area contributed by atoms with Gasteiger partial charge >= 0.3 is 0 Å². The lowest BCUT2D eigenvalue weighted by atomic mass is 10.0. The van der Waals surface area contributed by atoms with Gasteiger partial charge in [-0.3, -0.25) is 0 Å². The SMILES string of the molecule is Cc1ccc(C(O)c2cccnc2N)cc1. The van der Waals surface area contributed by atoms with Crippen molar-refractivity contribution in [3.63, 3.8) is 0 Å². The second kappa shape index (κ2) is 4.33. The number of hydrogen-bond donors (Lipinski definition) is 2. The highest BCUT2D eigenvalue weighted by Crippen LogP contribution is 2.25. The van der Waals surface area contributed by atoms with Crippen LogP contribution in [0, 0.1) is 6.92 Å². The molecule has 1 unspecified atom stereocenters. The molecule has 0 aliphatic heterocycles. The number of benzene rings is 1. The number of aliphatic hydroxyl groups is 1. The lowest BCUT2D eigenvalue weighted by Gasteiger charge is -2.13. The van der Waals surface area contributed by atoms with Gasteiger partial charge in [0, 0.05) is 11.8 Å². The van der Waals surface area contributed by atoms with Gasteiger partial charge < -0.3 is 10.8 Å². The van der Waals surface area contributed by atoms with Crippen LogP contribution in [0.4, 0.5) is 5.82 Å². The van der Waals surface area contributed by atoms with E-state index in [-0.39, 0.29) is 0 Å². The van der Waals surface area contributed by atoms with Gasteiger partial charge in [0.1, 0.15) is 11.9 Å². The molecule has 3 nitrogen and oxygen atoms in total. The molecule has 1 atom stereocenters. The zero-order valence-electron chi connectivity index (χ0n) is 9.09. The summed E-state index contributed by atoms with van der Waals surface area (Å²) in [5.41, 5.74) is 8.35. The van der Waals surface area contributed by atoms with Crippen LogP contribution >= 0.6 is 0 Å². The van der Waals surface area contributed by atoms with E-state index in [9.17, 15) is 5.11 Å². The van der Waals surface area contributed by atoms with Gasteiger partial charge in [-0.2, -0.15) is 0 Å². The Morgan fingerprint density at radius 2 is 1.88 bits per heavy atom. The molecular formula is C13H14N2O. The topological polar surface area (TPSA) is 59.1 Å². The third-order valence-corrected chi connectivity index (χ3v) is 2.56. The van der Waals surface area contributed by atoms with Crippen molar-refractivity contribution in [1.29, 1.82) is 0 Å². The minimum Gasteiger partial charge on any atom is -0.384 e. The average molecular weight is 214 g/mol. The Morgan fingerprint density at radius 1 is 1.19 bits per heavy atom. The summed E-state index contributed by atoms with van der Waals surface area (Å²) in [4.78, 5) is 3.96. The number of nitrogens with zero attached hydrogens (tertiary/aromatic N) is 1. The summed E-state index contributed by atoms with van der Waals surface area (Å²) in [7, 11) is 0. The van der Waals surface area contributed by atoms with Crippen molar-refractivity contribution in [2.45, 2.75) is 13.0 Å². The van der Waals surface area contributed by atoms with Gasteiger partial charge in [0.05, 0.1) is 0 Å². The number of aryl methyl sites for hydroxylation is 1. The number of aromatic nitrogens is 1. The van der Waals surface area contributed by atoms with Gasteiger partial charge in [0.25, 0.3) is 0 Å². The van der Waals surface area contributed by atoms with Crippen LogP contribution in [0.25, 0.3) is 0 Å². The maximum atomic E-state index is 10.1. The van der Waals surface area contributed by atoms with Crippen LogP contribution in [0.3, 0.4) is 0 Å². The summed E-state index contributed by atoms with van der Waals surface area (Å²) < 4.78 is 0. The molecule has 2 rings (SSSR count). The Kier molecular flexibility index (Phi) is 2.88. The highest BCUT2D eigenvalue weighted by molar-refractivity contribution is 5.44. The van der Waals surface area contributed by atoms with Crippen molar-refractivity contribution in [2.75, 3.05) is 5.73 Å². The molecule has 0 aliphatic rings. The lowest BCUT2D eigenvalue weighted by Crippen LogP contribution is -2.05. The van der Waals surface area contributed by atoms with E-state index < -0.39 is 6.10 Å². The molecule has 82 valence electrons. The second-order valence-electron chi connectivity index (χ2n) is 3.79. The second-order valence-corrected chi connectivity index (χ2v) is 3.79. The molecule has 3 heteroatoms. The van der Waals surface area contributed by atoms with Gasteiger partial charge in [-0.15, -0.1) is 0 Å². The fraction of sp³-hybridized carbons (Fsp3) is 0.154. The zero-order valence-corrected chi connectivity index (χ0v) is 9.09. The zero-order chi connectivity index (χ0) is 11.5. The first-order chi connectivity index (χ1) is 7.68. The normalized spacial score (nSPS) is 12.4. The summed E-state index contributed by atoms with van der Waals surface area (Å²) >= 11 is 0. The van der Waals surface area contributed by atoms with Crippen LogP contribution in [0.5, 0.6) is 0 Å². The molecule has 0 radical (unpaired) electrons. The molecule has 0 aliphatic carbocycles. The summed E-state index contributed by atoms with van der Waals surface area (Å²) in [5, 5.41) is 10.1. The molecule has 0 saturated heterocycles. The summed E-state index contributed by atoms with van der Waals surface area (Å²) in [5.74, 6) is 0.371. The van der Waals surface area contributed by atoms with Crippen LogP contribution in [0.15, 0.2) is 42.6 Å². The standard InChI is InChI=1S/C13H14N2O/c1-9-4-6-10(7-5-9)12(16)11-3-2-8-15-13(11)14/h2-8,12,16H,1H3,(H2,14,15). The van der Waals surface area contributed by atoms with Crippen molar-refractivity contribution >= 4 is 5.82 Å². The summed E-state index contributed by atoms with van der Waals surface area (Å²) in [6.07, 6.45) is 0.898.